The highest BCUT2D eigenvalue weighted by Crippen LogP contribution is 2.19. The maximum atomic E-state index is 12.1. The minimum Gasteiger partial charge on any atom is -0.481 e. The van der Waals surface area contributed by atoms with Gasteiger partial charge in [0, 0.05) is 31.9 Å². The number of carbonyl (C=O) groups excluding carboxylic acids is 1. The van der Waals surface area contributed by atoms with Gasteiger partial charge in [-0.2, -0.15) is 0 Å². The first-order valence-corrected chi connectivity index (χ1v) is 8.50. The van der Waals surface area contributed by atoms with Crippen molar-refractivity contribution in [2.24, 2.45) is 0 Å². The van der Waals surface area contributed by atoms with Crippen molar-refractivity contribution in [2.45, 2.75) is 32.8 Å². The Balaban J connectivity index is 2.09. The fourth-order valence-electron chi connectivity index (χ4n) is 2.78. The Bertz CT molecular complexity index is 666. The van der Waals surface area contributed by atoms with Crippen LogP contribution in [0.3, 0.4) is 0 Å². The van der Waals surface area contributed by atoms with Crippen LogP contribution in [0.15, 0.2) is 18.2 Å². The second kappa shape index (κ2) is 7.97. The standard InChI is InChI=1S/C17H25BN2O6/c1-17(2,3)26-16(23)20-6-4-19(5-7-20)14-9-12(10-15(21)22)8-13(11-14)18(24)25/h8-9,11,24-25H,4-7,10H2,1-3H3,(H,21,22). The summed E-state index contributed by atoms with van der Waals surface area (Å²) in [6, 6.07) is 4.82. The second-order valence-corrected chi connectivity index (χ2v) is 7.33. The number of carboxylic acid groups (broad SMARTS) is 1. The zero-order valence-corrected chi connectivity index (χ0v) is 15.3. The number of rotatable bonds is 4. The first kappa shape index (κ1) is 20.1. The molecule has 8 nitrogen and oxygen atoms in total. The van der Waals surface area contributed by atoms with E-state index < -0.39 is 18.7 Å². The molecule has 0 radical (unpaired) electrons. The topological polar surface area (TPSA) is 111 Å². The zero-order valence-electron chi connectivity index (χ0n) is 15.3. The number of aliphatic carboxylic acids is 1. The van der Waals surface area contributed by atoms with Crippen molar-refractivity contribution >= 4 is 30.3 Å². The van der Waals surface area contributed by atoms with E-state index in [2.05, 4.69) is 0 Å². The summed E-state index contributed by atoms with van der Waals surface area (Å²) in [4.78, 5) is 26.7. The number of hydrogen-bond donors (Lipinski definition) is 3. The predicted octanol–water partition coefficient (Wildman–Crippen LogP) is 0.0506. The molecule has 0 saturated carbocycles. The smallest absolute Gasteiger partial charge is 0.481 e. The van der Waals surface area contributed by atoms with Crippen LogP contribution in [-0.4, -0.2) is 71.0 Å². The highest BCUT2D eigenvalue weighted by atomic mass is 16.6. The number of anilines is 1. The van der Waals surface area contributed by atoms with E-state index in [4.69, 9.17) is 9.84 Å². The van der Waals surface area contributed by atoms with Gasteiger partial charge in [0.2, 0.25) is 0 Å². The number of ether oxygens (including phenoxy) is 1. The first-order chi connectivity index (χ1) is 12.0. The molecule has 9 heteroatoms. The number of nitrogens with zero attached hydrogens (tertiary/aromatic N) is 2. The van der Waals surface area contributed by atoms with Crippen molar-refractivity contribution in [2.75, 3.05) is 31.1 Å². The number of amides is 1. The summed E-state index contributed by atoms with van der Waals surface area (Å²) in [5.74, 6) is -0.990. The van der Waals surface area contributed by atoms with Gasteiger partial charge in [0.15, 0.2) is 0 Å². The molecule has 1 heterocycles. The maximum Gasteiger partial charge on any atom is 0.488 e. The van der Waals surface area contributed by atoms with E-state index in [1.807, 2.05) is 25.7 Å². The van der Waals surface area contributed by atoms with E-state index >= 15 is 0 Å². The molecule has 2 rings (SSSR count). The molecule has 1 aromatic rings. The SMILES string of the molecule is CC(C)(C)OC(=O)N1CCN(c2cc(CC(=O)O)cc(B(O)O)c2)CC1. The van der Waals surface area contributed by atoms with Gasteiger partial charge >= 0.3 is 19.2 Å². The molecule has 0 bridgehead atoms. The highest BCUT2D eigenvalue weighted by Gasteiger charge is 2.26. The van der Waals surface area contributed by atoms with Crippen LogP contribution in [0.2, 0.25) is 0 Å². The van der Waals surface area contributed by atoms with E-state index in [0.717, 1.165) is 0 Å². The molecular formula is C17H25BN2O6. The van der Waals surface area contributed by atoms with Gasteiger partial charge in [0.25, 0.3) is 0 Å². The average Bonchev–Trinajstić information content (AvgIpc) is 2.52. The third-order valence-electron chi connectivity index (χ3n) is 3.95. The normalized spacial score (nSPS) is 15.0. The van der Waals surface area contributed by atoms with Crippen LogP contribution >= 0.6 is 0 Å². The van der Waals surface area contributed by atoms with Crippen LogP contribution in [-0.2, 0) is 16.0 Å². The molecule has 1 amide bonds. The molecule has 0 aliphatic carbocycles. The van der Waals surface area contributed by atoms with Crippen molar-refractivity contribution in [1.82, 2.24) is 4.90 Å². The number of benzene rings is 1. The number of carbonyl (C=O) groups is 2. The Hall–Kier alpha value is -2.26. The third-order valence-corrected chi connectivity index (χ3v) is 3.95. The molecule has 1 aliphatic rings. The van der Waals surface area contributed by atoms with Gasteiger partial charge in [-0.3, -0.25) is 4.79 Å². The number of piperazine rings is 1. The Labute approximate surface area is 153 Å². The Kier molecular flexibility index (Phi) is 6.15. The molecule has 1 saturated heterocycles. The zero-order chi connectivity index (χ0) is 19.5. The molecule has 142 valence electrons. The highest BCUT2D eigenvalue weighted by molar-refractivity contribution is 6.58. The van der Waals surface area contributed by atoms with Crippen molar-refractivity contribution < 1.29 is 29.5 Å². The van der Waals surface area contributed by atoms with E-state index in [-0.39, 0.29) is 18.0 Å². The van der Waals surface area contributed by atoms with Gasteiger partial charge in [-0.25, -0.2) is 4.79 Å². The molecule has 0 atom stereocenters. The first-order valence-electron chi connectivity index (χ1n) is 8.50. The summed E-state index contributed by atoms with van der Waals surface area (Å²) < 4.78 is 5.37. The van der Waals surface area contributed by atoms with E-state index in [9.17, 15) is 19.6 Å². The molecule has 1 fully saturated rings. The van der Waals surface area contributed by atoms with E-state index in [1.165, 1.54) is 6.07 Å². The lowest BCUT2D eigenvalue weighted by atomic mass is 9.79. The largest absolute Gasteiger partial charge is 0.488 e. The van der Waals surface area contributed by atoms with Crippen molar-refractivity contribution in [3.8, 4) is 0 Å². The molecule has 0 spiro atoms. The van der Waals surface area contributed by atoms with Crippen LogP contribution in [0.4, 0.5) is 10.5 Å². The second-order valence-electron chi connectivity index (χ2n) is 7.33. The van der Waals surface area contributed by atoms with Crippen LogP contribution in [0.1, 0.15) is 26.3 Å². The number of carboxylic acids is 1. The summed E-state index contributed by atoms with van der Waals surface area (Å²) in [6.07, 6.45) is -0.561. The van der Waals surface area contributed by atoms with Gasteiger partial charge in [-0.1, -0.05) is 6.07 Å². The van der Waals surface area contributed by atoms with E-state index in [1.54, 1.807) is 17.0 Å². The van der Waals surface area contributed by atoms with Crippen molar-refractivity contribution in [3.05, 3.63) is 23.8 Å². The summed E-state index contributed by atoms with van der Waals surface area (Å²) in [5.41, 5.74) is 0.891. The lowest BCUT2D eigenvalue weighted by Gasteiger charge is -2.37. The van der Waals surface area contributed by atoms with Crippen LogP contribution in [0.5, 0.6) is 0 Å². The monoisotopic (exact) mass is 364 g/mol. The van der Waals surface area contributed by atoms with E-state index in [0.29, 0.717) is 37.4 Å². The predicted molar refractivity (Wildman–Crippen MR) is 97.6 cm³/mol. The lowest BCUT2D eigenvalue weighted by Crippen LogP contribution is -2.50. The third kappa shape index (κ3) is 5.64. The van der Waals surface area contributed by atoms with Crippen LogP contribution in [0.25, 0.3) is 0 Å². The van der Waals surface area contributed by atoms with Crippen LogP contribution in [0, 0.1) is 0 Å². The van der Waals surface area contributed by atoms with Gasteiger partial charge in [-0.15, -0.1) is 0 Å². The molecule has 1 aromatic carbocycles. The lowest BCUT2D eigenvalue weighted by molar-refractivity contribution is -0.136. The summed E-state index contributed by atoms with van der Waals surface area (Å²) in [5, 5.41) is 27.9. The van der Waals surface area contributed by atoms with Gasteiger partial charge in [0.1, 0.15) is 5.60 Å². The fourth-order valence-corrected chi connectivity index (χ4v) is 2.78. The minimum absolute atomic E-state index is 0.203. The fraction of sp³-hybridized carbons (Fsp3) is 0.529. The van der Waals surface area contributed by atoms with Crippen LogP contribution < -0.4 is 10.4 Å². The Morgan fingerprint density at radius 2 is 1.73 bits per heavy atom. The minimum atomic E-state index is -1.68. The Morgan fingerprint density at radius 1 is 1.12 bits per heavy atom. The maximum absolute atomic E-state index is 12.1. The average molecular weight is 364 g/mol. The quantitative estimate of drug-likeness (QED) is 0.648. The van der Waals surface area contributed by atoms with Gasteiger partial charge in [0.05, 0.1) is 6.42 Å². The van der Waals surface area contributed by atoms with Crippen molar-refractivity contribution in [1.29, 1.82) is 0 Å². The van der Waals surface area contributed by atoms with Gasteiger partial charge in [-0.05, 0) is 43.9 Å². The molecule has 3 N–H and O–H groups in total. The number of hydrogen-bond acceptors (Lipinski definition) is 6. The molecular weight excluding hydrogens is 339 g/mol. The molecule has 0 unspecified atom stereocenters. The molecule has 26 heavy (non-hydrogen) atoms. The summed E-state index contributed by atoms with van der Waals surface area (Å²) in [6.45, 7) is 7.46. The van der Waals surface area contributed by atoms with Crippen molar-refractivity contribution in [3.63, 3.8) is 0 Å². The molecule has 1 aliphatic heterocycles. The Morgan fingerprint density at radius 3 is 2.23 bits per heavy atom. The summed E-state index contributed by atoms with van der Waals surface area (Å²) >= 11 is 0. The summed E-state index contributed by atoms with van der Waals surface area (Å²) in [7, 11) is -1.68. The molecule has 0 aromatic heterocycles. The van der Waals surface area contributed by atoms with Gasteiger partial charge < -0.3 is 29.7 Å².